The van der Waals surface area contributed by atoms with E-state index in [1.54, 1.807) is 18.2 Å². The Morgan fingerprint density at radius 3 is 2.85 bits per heavy atom. The third kappa shape index (κ3) is 3.77. The molecule has 1 aromatic carbocycles. The third-order valence-corrected chi connectivity index (χ3v) is 2.85. The van der Waals surface area contributed by atoms with Gasteiger partial charge in [0.2, 0.25) is 6.79 Å². The Balaban J connectivity index is 1.84. The first-order chi connectivity index (χ1) is 9.56. The molecule has 1 aliphatic rings. The predicted molar refractivity (Wildman–Crippen MR) is 72.4 cm³/mol. The second kappa shape index (κ2) is 6.47. The Labute approximate surface area is 117 Å². The minimum atomic E-state index is -0.868. The summed E-state index contributed by atoms with van der Waals surface area (Å²) >= 11 is 0. The number of carboxylic acid groups (broad SMARTS) is 1. The second-order valence-corrected chi connectivity index (χ2v) is 4.86. The lowest BCUT2D eigenvalue weighted by molar-refractivity contribution is -0.140. The first kappa shape index (κ1) is 14.5. The summed E-state index contributed by atoms with van der Waals surface area (Å²) in [5.41, 5.74) is 0. The fraction of sp³-hybridized carbons (Fsp3) is 0.500. The van der Waals surface area contributed by atoms with Crippen molar-refractivity contribution < 1.29 is 24.1 Å². The number of fused-ring (bicyclic) bond motifs is 1. The first-order valence-corrected chi connectivity index (χ1v) is 6.57. The van der Waals surface area contributed by atoms with Crippen molar-refractivity contribution in [1.29, 1.82) is 0 Å². The van der Waals surface area contributed by atoms with E-state index in [1.165, 1.54) is 0 Å². The molecule has 1 atom stereocenters. The van der Waals surface area contributed by atoms with Crippen molar-refractivity contribution in [2.45, 2.75) is 32.4 Å². The lowest BCUT2D eigenvalue weighted by Gasteiger charge is -2.17. The number of nitrogens with one attached hydrogen (secondary N) is 1. The van der Waals surface area contributed by atoms with Crippen molar-refractivity contribution in [3.05, 3.63) is 18.2 Å². The van der Waals surface area contributed by atoms with Crippen molar-refractivity contribution in [1.82, 2.24) is 5.32 Å². The van der Waals surface area contributed by atoms with Gasteiger partial charge in [0.15, 0.2) is 11.5 Å². The van der Waals surface area contributed by atoms with Gasteiger partial charge in [0.1, 0.15) is 11.8 Å². The van der Waals surface area contributed by atoms with Crippen molar-refractivity contribution in [3.63, 3.8) is 0 Å². The molecule has 2 N–H and O–H groups in total. The molecule has 0 aliphatic carbocycles. The van der Waals surface area contributed by atoms with Gasteiger partial charge in [-0.1, -0.05) is 13.8 Å². The zero-order chi connectivity index (χ0) is 14.5. The Hall–Kier alpha value is -1.95. The van der Waals surface area contributed by atoms with E-state index in [2.05, 4.69) is 5.32 Å². The molecule has 1 aromatic rings. The summed E-state index contributed by atoms with van der Waals surface area (Å²) < 4.78 is 16.0. The van der Waals surface area contributed by atoms with Gasteiger partial charge in [-0.05, 0) is 12.1 Å². The zero-order valence-corrected chi connectivity index (χ0v) is 11.6. The molecule has 0 fully saturated rings. The fourth-order valence-electron chi connectivity index (χ4n) is 1.94. The molecule has 0 bridgehead atoms. The maximum Gasteiger partial charge on any atom is 0.320 e. The summed E-state index contributed by atoms with van der Waals surface area (Å²) in [6.07, 6.45) is 0.391. The highest BCUT2D eigenvalue weighted by molar-refractivity contribution is 5.73. The van der Waals surface area contributed by atoms with Crippen LogP contribution in [0, 0.1) is 0 Å². The highest BCUT2D eigenvalue weighted by Gasteiger charge is 2.18. The summed E-state index contributed by atoms with van der Waals surface area (Å²) in [5.74, 6) is 1.12. The number of rotatable bonds is 7. The molecule has 6 heteroatoms. The van der Waals surface area contributed by atoms with Crippen LogP contribution in [0.25, 0.3) is 0 Å². The summed E-state index contributed by atoms with van der Waals surface area (Å²) in [6, 6.07) is 4.80. The van der Waals surface area contributed by atoms with E-state index in [-0.39, 0.29) is 12.8 Å². The molecule has 0 aromatic heterocycles. The minimum absolute atomic E-state index is 0.113. The van der Waals surface area contributed by atoms with Gasteiger partial charge < -0.3 is 24.6 Å². The molecule has 1 unspecified atom stereocenters. The van der Waals surface area contributed by atoms with Crippen LogP contribution in [0.1, 0.15) is 20.3 Å². The average molecular weight is 281 g/mol. The van der Waals surface area contributed by atoms with Gasteiger partial charge in [-0.2, -0.15) is 0 Å². The number of aliphatic carboxylic acids is 1. The molecule has 6 nitrogen and oxygen atoms in total. The van der Waals surface area contributed by atoms with Crippen LogP contribution in [0.5, 0.6) is 17.2 Å². The summed E-state index contributed by atoms with van der Waals surface area (Å²) in [7, 11) is 0. The van der Waals surface area contributed by atoms with Gasteiger partial charge in [0.05, 0.1) is 6.61 Å². The van der Waals surface area contributed by atoms with Crippen molar-refractivity contribution in [3.8, 4) is 17.2 Å². The first-order valence-electron chi connectivity index (χ1n) is 6.57. The van der Waals surface area contributed by atoms with E-state index in [0.717, 1.165) is 0 Å². The van der Waals surface area contributed by atoms with Gasteiger partial charge in [0.25, 0.3) is 0 Å². The van der Waals surface area contributed by atoms with Crippen LogP contribution in [0.4, 0.5) is 0 Å². The highest BCUT2D eigenvalue weighted by Crippen LogP contribution is 2.35. The number of ether oxygens (including phenoxy) is 3. The van der Waals surface area contributed by atoms with Crippen LogP contribution in [0.2, 0.25) is 0 Å². The number of benzene rings is 1. The topological polar surface area (TPSA) is 77.0 Å². The van der Waals surface area contributed by atoms with Gasteiger partial charge in [-0.3, -0.25) is 4.79 Å². The number of carbonyl (C=O) groups is 1. The summed E-state index contributed by atoms with van der Waals surface area (Å²) in [5, 5.41) is 12.1. The smallest absolute Gasteiger partial charge is 0.320 e. The highest BCUT2D eigenvalue weighted by atomic mass is 16.7. The summed E-state index contributed by atoms with van der Waals surface area (Å²) in [6.45, 7) is 4.36. The molecule has 0 amide bonds. The number of hydrogen-bond acceptors (Lipinski definition) is 5. The van der Waals surface area contributed by atoms with E-state index < -0.39 is 12.0 Å². The Bertz CT molecular complexity index is 475. The molecule has 0 saturated heterocycles. The zero-order valence-electron chi connectivity index (χ0n) is 11.6. The molecular formula is C14H19NO5. The Morgan fingerprint density at radius 2 is 2.15 bits per heavy atom. The molecule has 110 valence electrons. The molecule has 0 spiro atoms. The molecule has 2 rings (SSSR count). The fourth-order valence-corrected chi connectivity index (χ4v) is 1.94. The molecule has 0 saturated carbocycles. The number of carboxylic acids is 1. The van der Waals surface area contributed by atoms with Crippen LogP contribution in [0.15, 0.2) is 18.2 Å². The maximum absolute atomic E-state index is 11.1. The van der Waals surface area contributed by atoms with Crippen molar-refractivity contribution in [2.24, 2.45) is 0 Å². The monoisotopic (exact) mass is 281 g/mol. The lowest BCUT2D eigenvalue weighted by Crippen LogP contribution is -2.41. The van der Waals surface area contributed by atoms with Gasteiger partial charge in [0, 0.05) is 18.5 Å². The number of hydrogen-bond donors (Lipinski definition) is 2. The summed E-state index contributed by atoms with van der Waals surface area (Å²) in [4.78, 5) is 11.1. The minimum Gasteiger partial charge on any atom is -0.493 e. The van der Waals surface area contributed by atoms with Crippen LogP contribution in [0.3, 0.4) is 0 Å². The maximum atomic E-state index is 11.1. The third-order valence-electron chi connectivity index (χ3n) is 2.85. The standard InChI is InChI=1S/C14H19NO5/c1-9(2)15-11(14(16)17)5-6-18-10-3-4-12-13(7-10)20-8-19-12/h3-4,7,9,11,15H,5-6,8H2,1-2H3,(H,16,17). The van der Waals surface area contributed by atoms with Crippen molar-refractivity contribution >= 4 is 5.97 Å². The largest absolute Gasteiger partial charge is 0.493 e. The van der Waals surface area contributed by atoms with E-state index in [9.17, 15) is 4.79 Å². The van der Waals surface area contributed by atoms with Crippen LogP contribution in [-0.2, 0) is 4.79 Å². The Morgan fingerprint density at radius 1 is 1.40 bits per heavy atom. The Kier molecular flexibility index (Phi) is 4.68. The molecule has 1 aliphatic heterocycles. The predicted octanol–water partition coefficient (Wildman–Crippen LogP) is 1.64. The SMILES string of the molecule is CC(C)NC(CCOc1ccc2c(c1)OCO2)C(=O)O. The van der Waals surface area contributed by atoms with E-state index in [4.69, 9.17) is 19.3 Å². The van der Waals surface area contributed by atoms with Crippen LogP contribution < -0.4 is 19.5 Å². The van der Waals surface area contributed by atoms with Crippen molar-refractivity contribution in [2.75, 3.05) is 13.4 Å². The van der Waals surface area contributed by atoms with E-state index >= 15 is 0 Å². The average Bonchev–Trinajstić information content (AvgIpc) is 2.84. The van der Waals surface area contributed by atoms with Gasteiger partial charge >= 0.3 is 5.97 Å². The normalized spacial score (nSPS) is 14.3. The molecule has 0 radical (unpaired) electrons. The van der Waals surface area contributed by atoms with Gasteiger partial charge in [-0.25, -0.2) is 0 Å². The molecular weight excluding hydrogens is 262 g/mol. The van der Waals surface area contributed by atoms with Crippen LogP contribution >= 0.6 is 0 Å². The molecule has 20 heavy (non-hydrogen) atoms. The quantitative estimate of drug-likeness (QED) is 0.791. The van der Waals surface area contributed by atoms with Gasteiger partial charge in [-0.15, -0.1) is 0 Å². The lowest BCUT2D eigenvalue weighted by atomic mass is 10.2. The van der Waals surface area contributed by atoms with E-state index in [0.29, 0.717) is 30.3 Å². The molecule has 1 heterocycles. The second-order valence-electron chi connectivity index (χ2n) is 4.86. The van der Waals surface area contributed by atoms with E-state index in [1.807, 2.05) is 13.8 Å². The van der Waals surface area contributed by atoms with Crippen LogP contribution in [-0.4, -0.2) is 36.6 Å².